The summed E-state index contributed by atoms with van der Waals surface area (Å²) in [5.74, 6) is 0. The molecule has 6 nitrogen and oxygen atoms in total. The Kier molecular flexibility index (Phi) is 4.12. The molecule has 1 saturated carbocycles. The predicted octanol–water partition coefficient (Wildman–Crippen LogP) is 2.12. The second-order valence-corrected chi connectivity index (χ2v) is 6.25. The molecular formula is C14H19N5OS. The summed E-state index contributed by atoms with van der Waals surface area (Å²) in [5.41, 5.74) is 0.896. The highest BCUT2D eigenvalue weighted by Crippen LogP contribution is 2.37. The summed E-state index contributed by atoms with van der Waals surface area (Å²) in [6.45, 7) is 5.09. The van der Waals surface area contributed by atoms with Crippen molar-refractivity contribution in [2.24, 2.45) is 0 Å². The molecule has 0 spiro atoms. The van der Waals surface area contributed by atoms with Crippen LogP contribution in [-0.4, -0.2) is 26.3 Å². The van der Waals surface area contributed by atoms with E-state index < -0.39 is 0 Å². The van der Waals surface area contributed by atoms with Crippen LogP contribution in [0.3, 0.4) is 0 Å². The van der Waals surface area contributed by atoms with Crippen molar-refractivity contribution in [2.75, 3.05) is 6.54 Å². The minimum atomic E-state index is -0.120. The fourth-order valence-electron chi connectivity index (χ4n) is 2.24. The van der Waals surface area contributed by atoms with Gasteiger partial charge >= 0.3 is 5.69 Å². The molecule has 0 radical (unpaired) electrons. The summed E-state index contributed by atoms with van der Waals surface area (Å²) in [6.07, 6.45) is 3.96. The molecule has 1 atom stereocenters. The average Bonchev–Trinajstić information content (AvgIpc) is 3.25. The molecule has 21 heavy (non-hydrogen) atoms. The van der Waals surface area contributed by atoms with Crippen molar-refractivity contribution in [3.63, 3.8) is 0 Å². The largest absolute Gasteiger partial charge is 0.344 e. The molecule has 1 unspecified atom stereocenters. The number of aromatic nitrogens is 4. The van der Waals surface area contributed by atoms with E-state index in [-0.39, 0.29) is 11.7 Å². The number of aromatic amines is 1. The second kappa shape index (κ2) is 6.03. The van der Waals surface area contributed by atoms with E-state index in [0.29, 0.717) is 6.04 Å². The van der Waals surface area contributed by atoms with Gasteiger partial charge in [0, 0.05) is 23.2 Å². The quantitative estimate of drug-likeness (QED) is 0.855. The molecule has 1 fully saturated rings. The molecule has 0 bridgehead atoms. The van der Waals surface area contributed by atoms with Crippen molar-refractivity contribution >= 4 is 11.8 Å². The molecule has 0 amide bonds. The van der Waals surface area contributed by atoms with E-state index in [4.69, 9.17) is 0 Å². The summed E-state index contributed by atoms with van der Waals surface area (Å²) < 4.78 is 1.75. The Hall–Kier alpha value is -1.60. The Morgan fingerprint density at radius 2 is 2.33 bits per heavy atom. The van der Waals surface area contributed by atoms with Gasteiger partial charge in [0.1, 0.15) is 0 Å². The summed E-state index contributed by atoms with van der Waals surface area (Å²) in [4.78, 5) is 17.2. The third kappa shape index (κ3) is 3.19. The van der Waals surface area contributed by atoms with E-state index in [0.717, 1.165) is 35.1 Å². The molecule has 1 aliphatic rings. The molecular weight excluding hydrogens is 286 g/mol. The van der Waals surface area contributed by atoms with Crippen molar-refractivity contribution in [3.05, 3.63) is 34.5 Å². The molecule has 0 aromatic carbocycles. The van der Waals surface area contributed by atoms with Gasteiger partial charge in [-0.05, 0) is 50.2 Å². The van der Waals surface area contributed by atoms with Gasteiger partial charge in [0.2, 0.25) is 0 Å². The molecule has 0 saturated heterocycles. The van der Waals surface area contributed by atoms with Crippen molar-refractivity contribution in [1.29, 1.82) is 0 Å². The summed E-state index contributed by atoms with van der Waals surface area (Å²) >= 11 is 1.47. The number of pyridine rings is 1. The SMILES string of the molecule is CCNC(C)c1ccc(Sc2n[nH]c(=O)n2C2CC2)cn1. The molecule has 2 N–H and O–H groups in total. The maximum atomic E-state index is 11.7. The first kappa shape index (κ1) is 14.3. The Morgan fingerprint density at radius 1 is 1.52 bits per heavy atom. The van der Waals surface area contributed by atoms with Crippen LogP contribution in [0, 0.1) is 0 Å². The Labute approximate surface area is 127 Å². The van der Waals surface area contributed by atoms with E-state index in [2.05, 4.69) is 34.3 Å². The fourth-order valence-corrected chi connectivity index (χ4v) is 3.12. The highest BCUT2D eigenvalue weighted by Gasteiger charge is 2.28. The van der Waals surface area contributed by atoms with Gasteiger partial charge < -0.3 is 5.32 Å². The first-order valence-electron chi connectivity index (χ1n) is 7.23. The van der Waals surface area contributed by atoms with Gasteiger partial charge in [0.15, 0.2) is 5.16 Å². The molecule has 0 aliphatic heterocycles. The number of hydrogen-bond acceptors (Lipinski definition) is 5. The molecule has 112 valence electrons. The van der Waals surface area contributed by atoms with Crippen LogP contribution in [0.15, 0.2) is 33.2 Å². The third-order valence-electron chi connectivity index (χ3n) is 3.51. The lowest BCUT2D eigenvalue weighted by Gasteiger charge is -2.11. The zero-order chi connectivity index (χ0) is 14.8. The van der Waals surface area contributed by atoms with E-state index in [1.807, 2.05) is 18.3 Å². The number of hydrogen-bond donors (Lipinski definition) is 2. The van der Waals surface area contributed by atoms with Crippen molar-refractivity contribution in [1.82, 2.24) is 25.1 Å². The number of nitrogens with one attached hydrogen (secondary N) is 2. The van der Waals surface area contributed by atoms with Crippen LogP contribution < -0.4 is 11.0 Å². The molecule has 7 heteroatoms. The topological polar surface area (TPSA) is 75.6 Å². The summed E-state index contributed by atoms with van der Waals surface area (Å²) in [7, 11) is 0. The lowest BCUT2D eigenvalue weighted by atomic mass is 10.2. The van der Waals surface area contributed by atoms with Gasteiger partial charge in [-0.1, -0.05) is 6.92 Å². The van der Waals surface area contributed by atoms with E-state index in [1.165, 1.54) is 11.8 Å². The number of nitrogens with zero attached hydrogens (tertiary/aromatic N) is 3. The van der Waals surface area contributed by atoms with Gasteiger partial charge in [0.25, 0.3) is 0 Å². The Bertz CT molecular complexity index is 659. The van der Waals surface area contributed by atoms with Gasteiger partial charge in [-0.15, -0.1) is 5.10 Å². The van der Waals surface area contributed by atoms with Crippen LogP contribution in [0.25, 0.3) is 0 Å². The van der Waals surface area contributed by atoms with E-state index >= 15 is 0 Å². The van der Waals surface area contributed by atoms with Crippen LogP contribution in [0.5, 0.6) is 0 Å². The summed E-state index contributed by atoms with van der Waals surface area (Å²) in [6, 6.07) is 4.60. The fraction of sp³-hybridized carbons (Fsp3) is 0.500. The van der Waals surface area contributed by atoms with Crippen molar-refractivity contribution in [2.45, 2.75) is 48.8 Å². The number of H-pyrrole nitrogens is 1. The van der Waals surface area contributed by atoms with Crippen LogP contribution >= 0.6 is 11.8 Å². The van der Waals surface area contributed by atoms with Crippen LogP contribution in [0.2, 0.25) is 0 Å². The van der Waals surface area contributed by atoms with Crippen LogP contribution in [-0.2, 0) is 0 Å². The smallest absolute Gasteiger partial charge is 0.309 e. The molecule has 3 rings (SSSR count). The van der Waals surface area contributed by atoms with Crippen LogP contribution in [0.1, 0.15) is 44.5 Å². The Morgan fingerprint density at radius 3 is 2.95 bits per heavy atom. The minimum absolute atomic E-state index is 0.120. The van der Waals surface area contributed by atoms with Gasteiger partial charge in [-0.25, -0.2) is 9.89 Å². The average molecular weight is 305 g/mol. The van der Waals surface area contributed by atoms with Crippen LogP contribution in [0.4, 0.5) is 0 Å². The lowest BCUT2D eigenvalue weighted by Crippen LogP contribution is -2.18. The zero-order valence-electron chi connectivity index (χ0n) is 12.2. The van der Waals surface area contributed by atoms with Crippen molar-refractivity contribution in [3.8, 4) is 0 Å². The van der Waals surface area contributed by atoms with Gasteiger partial charge in [-0.2, -0.15) is 0 Å². The highest BCUT2D eigenvalue weighted by molar-refractivity contribution is 7.99. The Balaban J connectivity index is 1.75. The normalized spacial score (nSPS) is 16.1. The maximum Gasteiger partial charge on any atom is 0.344 e. The first-order valence-corrected chi connectivity index (χ1v) is 8.04. The monoisotopic (exact) mass is 305 g/mol. The molecule has 2 aromatic heterocycles. The zero-order valence-corrected chi connectivity index (χ0v) is 13.0. The number of rotatable bonds is 6. The van der Waals surface area contributed by atoms with E-state index in [9.17, 15) is 4.79 Å². The second-order valence-electron chi connectivity index (χ2n) is 5.21. The summed E-state index contributed by atoms with van der Waals surface area (Å²) in [5, 5.41) is 10.7. The van der Waals surface area contributed by atoms with E-state index in [1.54, 1.807) is 4.57 Å². The van der Waals surface area contributed by atoms with Gasteiger partial charge in [-0.3, -0.25) is 9.55 Å². The standard InChI is InChI=1S/C14H19N5OS/c1-3-15-9(2)12-7-6-11(8-16-12)21-14-18-17-13(20)19(14)10-4-5-10/h6-10,15H,3-5H2,1-2H3,(H,17,20). The molecule has 2 heterocycles. The lowest BCUT2D eigenvalue weighted by molar-refractivity contribution is 0.582. The third-order valence-corrected chi connectivity index (χ3v) is 4.45. The minimum Gasteiger partial charge on any atom is -0.309 e. The molecule has 2 aromatic rings. The van der Waals surface area contributed by atoms with Crippen molar-refractivity contribution < 1.29 is 0 Å². The highest BCUT2D eigenvalue weighted by atomic mass is 32.2. The predicted molar refractivity (Wildman–Crippen MR) is 81.6 cm³/mol. The van der Waals surface area contributed by atoms with Gasteiger partial charge in [0.05, 0.1) is 5.69 Å². The molecule has 1 aliphatic carbocycles. The maximum absolute atomic E-state index is 11.7. The first-order chi connectivity index (χ1) is 10.2.